The lowest BCUT2D eigenvalue weighted by Crippen LogP contribution is -2.37. The van der Waals surface area contributed by atoms with E-state index in [1.807, 2.05) is 13.8 Å². The van der Waals surface area contributed by atoms with E-state index in [0.717, 1.165) is 12.8 Å². The van der Waals surface area contributed by atoms with Gasteiger partial charge in [-0.05, 0) is 26.7 Å². The van der Waals surface area contributed by atoms with Gasteiger partial charge in [0.05, 0.1) is 5.75 Å². The number of nitrogens with two attached hydrogens (primary N) is 1. The highest BCUT2D eigenvalue weighted by molar-refractivity contribution is 7.90. The Bertz CT molecular complexity index is 370. The van der Waals surface area contributed by atoms with E-state index < -0.39 is 9.84 Å². The molecule has 0 atom stereocenters. The predicted octanol–water partition coefficient (Wildman–Crippen LogP) is 0.124. The van der Waals surface area contributed by atoms with Crippen molar-refractivity contribution in [3.8, 4) is 0 Å². The van der Waals surface area contributed by atoms with Crippen LogP contribution in [-0.2, 0) is 9.84 Å². The zero-order valence-corrected chi connectivity index (χ0v) is 11.0. The van der Waals surface area contributed by atoms with E-state index in [-0.39, 0.29) is 17.2 Å². The SMILES string of the molecule is CC(C)NC(N)=NCC1(CS(C)(=O)=O)CC1. The van der Waals surface area contributed by atoms with Crippen LogP contribution in [0.15, 0.2) is 4.99 Å². The summed E-state index contributed by atoms with van der Waals surface area (Å²) in [5.74, 6) is 0.619. The van der Waals surface area contributed by atoms with Gasteiger partial charge >= 0.3 is 0 Å². The molecule has 1 aliphatic rings. The summed E-state index contributed by atoms with van der Waals surface area (Å²) in [6.45, 7) is 4.46. The van der Waals surface area contributed by atoms with Crippen LogP contribution < -0.4 is 11.1 Å². The zero-order valence-electron chi connectivity index (χ0n) is 10.2. The van der Waals surface area contributed by atoms with Crippen LogP contribution in [0.4, 0.5) is 0 Å². The number of rotatable bonds is 5. The molecule has 0 heterocycles. The molecule has 0 saturated heterocycles. The van der Waals surface area contributed by atoms with Crippen LogP contribution in [0.5, 0.6) is 0 Å². The van der Waals surface area contributed by atoms with Crippen LogP contribution in [0.1, 0.15) is 26.7 Å². The van der Waals surface area contributed by atoms with Crippen molar-refractivity contribution in [3.63, 3.8) is 0 Å². The van der Waals surface area contributed by atoms with Crippen LogP contribution in [0, 0.1) is 5.41 Å². The molecule has 0 aromatic heterocycles. The third-order valence-electron chi connectivity index (χ3n) is 2.55. The normalized spacial score (nSPS) is 19.9. The molecule has 0 bridgehead atoms. The molecule has 16 heavy (non-hydrogen) atoms. The molecule has 94 valence electrons. The van der Waals surface area contributed by atoms with E-state index in [1.165, 1.54) is 6.26 Å². The molecule has 0 aliphatic heterocycles. The summed E-state index contributed by atoms with van der Waals surface area (Å²) < 4.78 is 22.4. The van der Waals surface area contributed by atoms with Gasteiger partial charge in [-0.15, -0.1) is 0 Å². The quantitative estimate of drug-likeness (QED) is 0.534. The van der Waals surface area contributed by atoms with Crippen LogP contribution in [0.25, 0.3) is 0 Å². The van der Waals surface area contributed by atoms with Crippen molar-refractivity contribution in [3.05, 3.63) is 0 Å². The van der Waals surface area contributed by atoms with Gasteiger partial charge in [0.25, 0.3) is 0 Å². The second-order valence-corrected chi connectivity index (χ2v) is 7.21. The number of sulfone groups is 1. The largest absolute Gasteiger partial charge is 0.370 e. The van der Waals surface area contributed by atoms with Crippen molar-refractivity contribution in [1.82, 2.24) is 5.32 Å². The zero-order chi connectivity index (χ0) is 12.4. The second-order valence-electron chi connectivity index (χ2n) is 5.07. The molecule has 0 unspecified atom stereocenters. The Labute approximate surface area is 97.4 Å². The van der Waals surface area contributed by atoms with Gasteiger partial charge < -0.3 is 11.1 Å². The average Bonchev–Trinajstić information content (AvgIpc) is 2.78. The lowest BCUT2D eigenvalue weighted by atomic mass is 10.1. The summed E-state index contributed by atoms with van der Waals surface area (Å²) in [4.78, 5) is 4.20. The summed E-state index contributed by atoms with van der Waals surface area (Å²) in [7, 11) is -2.92. The maximum atomic E-state index is 11.2. The van der Waals surface area contributed by atoms with Crippen molar-refractivity contribution in [2.75, 3.05) is 18.6 Å². The fourth-order valence-corrected chi connectivity index (χ4v) is 3.17. The molecule has 1 rings (SSSR count). The Morgan fingerprint density at radius 1 is 1.50 bits per heavy atom. The van der Waals surface area contributed by atoms with E-state index in [1.54, 1.807) is 0 Å². The third-order valence-corrected chi connectivity index (χ3v) is 3.68. The number of hydrogen-bond donors (Lipinski definition) is 2. The number of nitrogens with zero attached hydrogens (tertiary/aromatic N) is 1. The highest BCUT2D eigenvalue weighted by atomic mass is 32.2. The Kier molecular flexibility index (Phi) is 3.83. The van der Waals surface area contributed by atoms with E-state index in [9.17, 15) is 8.42 Å². The summed E-state index contributed by atoms with van der Waals surface area (Å²) in [6.07, 6.45) is 3.13. The molecule has 3 N–H and O–H groups in total. The number of nitrogens with one attached hydrogen (secondary N) is 1. The van der Waals surface area contributed by atoms with Gasteiger partial charge in [-0.25, -0.2) is 8.42 Å². The molecular formula is C10H21N3O2S. The Hall–Kier alpha value is -0.780. The van der Waals surface area contributed by atoms with Crippen molar-refractivity contribution in [1.29, 1.82) is 0 Å². The fourth-order valence-electron chi connectivity index (χ4n) is 1.68. The van der Waals surface area contributed by atoms with Crippen molar-refractivity contribution >= 4 is 15.8 Å². The van der Waals surface area contributed by atoms with Crippen LogP contribution in [0.2, 0.25) is 0 Å². The Morgan fingerprint density at radius 3 is 2.44 bits per heavy atom. The standard InChI is InChI=1S/C10H21N3O2S/c1-8(2)13-9(11)12-6-10(4-5-10)7-16(3,14)15/h8H,4-7H2,1-3H3,(H3,11,12,13). The topological polar surface area (TPSA) is 84.5 Å². The minimum atomic E-state index is -2.92. The van der Waals surface area contributed by atoms with Crippen LogP contribution in [0.3, 0.4) is 0 Å². The Balaban J connectivity index is 2.49. The molecule has 6 heteroatoms. The van der Waals surface area contributed by atoms with Gasteiger partial charge in [-0.2, -0.15) is 0 Å². The summed E-state index contributed by atoms with van der Waals surface area (Å²) in [5, 5.41) is 2.98. The lowest BCUT2D eigenvalue weighted by molar-refractivity contribution is 0.550. The number of guanidine groups is 1. The molecule has 1 saturated carbocycles. The van der Waals surface area contributed by atoms with Gasteiger partial charge in [0.2, 0.25) is 0 Å². The summed E-state index contributed by atoms with van der Waals surface area (Å²) >= 11 is 0. The van der Waals surface area contributed by atoms with E-state index in [4.69, 9.17) is 5.73 Å². The first kappa shape index (κ1) is 13.3. The van der Waals surface area contributed by atoms with Crippen LogP contribution in [-0.4, -0.2) is 39.0 Å². The Morgan fingerprint density at radius 2 is 2.06 bits per heavy atom. The minimum absolute atomic E-state index is 0.142. The van der Waals surface area contributed by atoms with Gasteiger partial charge in [0.1, 0.15) is 9.84 Å². The molecule has 1 aliphatic carbocycles. The average molecular weight is 247 g/mol. The maximum Gasteiger partial charge on any atom is 0.188 e. The minimum Gasteiger partial charge on any atom is -0.370 e. The fraction of sp³-hybridized carbons (Fsp3) is 0.900. The van der Waals surface area contributed by atoms with Crippen molar-refractivity contribution in [2.45, 2.75) is 32.7 Å². The maximum absolute atomic E-state index is 11.2. The first-order valence-electron chi connectivity index (χ1n) is 5.47. The molecule has 0 aromatic rings. The van der Waals surface area contributed by atoms with E-state index in [0.29, 0.717) is 12.5 Å². The monoisotopic (exact) mass is 247 g/mol. The molecule has 0 aromatic carbocycles. The first-order valence-corrected chi connectivity index (χ1v) is 7.53. The van der Waals surface area contributed by atoms with Crippen molar-refractivity contribution in [2.24, 2.45) is 16.1 Å². The molecule has 0 amide bonds. The molecule has 0 spiro atoms. The smallest absolute Gasteiger partial charge is 0.188 e. The molecule has 5 nitrogen and oxygen atoms in total. The molecular weight excluding hydrogens is 226 g/mol. The van der Waals surface area contributed by atoms with Gasteiger partial charge in [0, 0.05) is 24.3 Å². The second kappa shape index (κ2) is 4.61. The van der Waals surface area contributed by atoms with E-state index in [2.05, 4.69) is 10.3 Å². The van der Waals surface area contributed by atoms with E-state index >= 15 is 0 Å². The molecule has 0 radical (unpaired) electrons. The third kappa shape index (κ3) is 4.83. The van der Waals surface area contributed by atoms with Crippen LogP contribution >= 0.6 is 0 Å². The van der Waals surface area contributed by atoms with Crippen molar-refractivity contribution < 1.29 is 8.42 Å². The summed E-state index contributed by atoms with van der Waals surface area (Å²) in [5.41, 5.74) is 5.52. The first-order chi connectivity index (χ1) is 7.22. The number of hydrogen-bond acceptors (Lipinski definition) is 3. The molecule has 1 fully saturated rings. The van der Waals surface area contributed by atoms with Gasteiger partial charge in [-0.1, -0.05) is 0 Å². The summed E-state index contributed by atoms with van der Waals surface area (Å²) in [6, 6.07) is 0.244. The van der Waals surface area contributed by atoms with Gasteiger partial charge in [-0.3, -0.25) is 4.99 Å². The lowest BCUT2D eigenvalue weighted by Gasteiger charge is -2.13. The number of aliphatic imine (C=N–C) groups is 1. The predicted molar refractivity (Wildman–Crippen MR) is 66.1 cm³/mol. The highest BCUT2D eigenvalue weighted by Gasteiger charge is 2.45. The highest BCUT2D eigenvalue weighted by Crippen LogP contribution is 2.46. The van der Waals surface area contributed by atoms with Gasteiger partial charge in [0.15, 0.2) is 5.96 Å².